The van der Waals surface area contributed by atoms with Crippen molar-refractivity contribution < 1.29 is 31.4 Å². The monoisotopic (exact) mass is 356 g/mol. The zero-order valence-corrected chi connectivity index (χ0v) is 11.1. The van der Waals surface area contributed by atoms with Gasteiger partial charge in [0.25, 0.3) is 0 Å². The number of halogens is 7. The van der Waals surface area contributed by atoms with Crippen LogP contribution in [-0.4, -0.2) is 17.5 Å². The first-order valence-electron chi connectivity index (χ1n) is 4.52. The quantitative estimate of drug-likeness (QED) is 0.768. The normalized spacial score (nSPS) is 15.2. The minimum Gasteiger partial charge on any atom is -0.387 e. The van der Waals surface area contributed by atoms with E-state index in [2.05, 4.69) is 15.9 Å². The van der Waals surface area contributed by atoms with E-state index < -0.39 is 24.4 Å². The molecule has 1 atom stereocenters. The molecule has 1 heterocycles. The van der Waals surface area contributed by atoms with E-state index >= 15 is 0 Å². The summed E-state index contributed by atoms with van der Waals surface area (Å²) in [6.45, 7) is 1.52. The van der Waals surface area contributed by atoms with Gasteiger partial charge in [-0.2, -0.15) is 26.3 Å². The molecule has 0 aliphatic heterocycles. The van der Waals surface area contributed by atoms with Crippen LogP contribution >= 0.6 is 27.3 Å². The van der Waals surface area contributed by atoms with Crippen molar-refractivity contribution in [2.24, 2.45) is 5.92 Å². The number of aryl methyl sites for hydroxylation is 1. The van der Waals surface area contributed by atoms with Crippen LogP contribution in [0.3, 0.4) is 0 Å². The first-order chi connectivity index (χ1) is 7.94. The van der Waals surface area contributed by atoms with Crippen molar-refractivity contribution in [2.45, 2.75) is 25.4 Å². The van der Waals surface area contributed by atoms with Crippen molar-refractivity contribution >= 4 is 27.3 Å². The van der Waals surface area contributed by atoms with Crippen LogP contribution in [0.25, 0.3) is 0 Å². The van der Waals surface area contributed by atoms with Crippen LogP contribution in [0.15, 0.2) is 10.5 Å². The highest BCUT2D eigenvalue weighted by atomic mass is 79.9. The number of hydrogen-bond donors (Lipinski definition) is 1. The van der Waals surface area contributed by atoms with E-state index in [0.29, 0.717) is 16.2 Å². The molecule has 0 saturated heterocycles. The summed E-state index contributed by atoms with van der Waals surface area (Å²) in [5.74, 6) is -3.79. The first kappa shape index (κ1) is 15.8. The summed E-state index contributed by atoms with van der Waals surface area (Å²) < 4.78 is 74.4. The van der Waals surface area contributed by atoms with Crippen LogP contribution < -0.4 is 0 Å². The van der Waals surface area contributed by atoms with Gasteiger partial charge in [-0.25, -0.2) is 0 Å². The first-order valence-corrected chi connectivity index (χ1v) is 6.13. The Bertz CT molecular complexity index is 410. The highest BCUT2D eigenvalue weighted by Crippen LogP contribution is 2.49. The van der Waals surface area contributed by atoms with Crippen molar-refractivity contribution in [1.29, 1.82) is 0 Å². The number of hydrogen-bond acceptors (Lipinski definition) is 2. The summed E-state index contributed by atoms with van der Waals surface area (Å²) in [6, 6.07) is 1.35. The molecule has 0 aromatic carbocycles. The highest BCUT2D eigenvalue weighted by Gasteiger charge is 2.60. The van der Waals surface area contributed by atoms with Crippen molar-refractivity contribution in [3.05, 3.63) is 20.3 Å². The summed E-state index contributed by atoms with van der Waals surface area (Å²) in [4.78, 5) is 0.117. The van der Waals surface area contributed by atoms with Gasteiger partial charge in [-0.3, -0.25) is 0 Å². The smallest absolute Gasteiger partial charge is 0.387 e. The number of aliphatic hydroxyl groups is 1. The van der Waals surface area contributed by atoms with Gasteiger partial charge >= 0.3 is 12.4 Å². The number of aliphatic hydroxyl groups excluding tert-OH is 1. The van der Waals surface area contributed by atoms with Crippen molar-refractivity contribution in [1.82, 2.24) is 0 Å². The van der Waals surface area contributed by atoms with Crippen LogP contribution in [0.4, 0.5) is 26.3 Å². The number of alkyl halides is 6. The second kappa shape index (κ2) is 5.01. The van der Waals surface area contributed by atoms with E-state index in [1.165, 1.54) is 13.0 Å². The fourth-order valence-corrected chi connectivity index (χ4v) is 3.31. The maximum absolute atomic E-state index is 12.4. The number of thiophene rings is 1. The maximum Gasteiger partial charge on any atom is 0.403 e. The summed E-state index contributed by atoms with van der Waals surface area (Å²) in [7, 11) is 0. The van der Waals surface area contributed by atoms with Crippen LogP contribution in [-0.2, 0) is 0 Å². The molecule has 0 amide bonds. The lowest BCUT2D eigenvalue weighted by Gasteiger charge is -2.26. The average molecular weight is 357 g/mol. The van der Waals surface area contributed by atoms with E-state index in [4.69, 9.17) is 0 Å². The maximum atomic E-state index is 12.4. The lowest BCUT2D eigenvalue weighted by Crippen LogP contribution is -2.40. The van der Waals surface area contributed by atoms with Crippen LogP contribution in [0.2, 0.25) is 0 Å². The Kier molecular flexibility index (Phi) is 4.39. The van der Waals surface area contributed by atoms with E-state index in [-0.39, 0.29) is 9.35 Å². The molecule has 0 spiro atoms. The van der Waals surface area contributed by atoms with Crippen LogP contribution in [0, 0.1) is 12.8 Å². The van der Waals surface area contributed by atoms with Gasteiger partial charge in [0.2, 0.25) is 0 Å². The summed E-state index contributed by atoms with van der Waals surface area (Å²) in [5, 5.41) is 9.39. The standard InChI is InChI=1S/C9H7BrF6OS/c1-3-2-4(10)6(18-3)5(17)7(8(11,12)13)9(14,15)16/h2,5,7,17H,1H3. The minimum absolute atomic E-state index is 0.0380. The predicted octanol–water partition coefficient (Wildman–Crippen LogP) is 4.59. The molecule has 1 N–H and O–H groups in total. The van der Waals surface area contributed by atoms with Gasteiger partial charge in [0.1, 0.15) is 6.10 Å². The van der Waals surface area contributed by atoms with E-state index in [0.717, 1.165) is 0 Å². The Balaban J connectivity index is 3.19. The highest BCUT2D eigenvalue weighted by molar-refractivity contribution is 9.10. The van der Waals surface area contributed by atoms with E-state index in [1.54, 1.807) is 0 Å². The van der Waals surface area contributed by atoms with Crippen molar-refractivity contribution in [3.8, 4) is 0 Å². The lowest BCUT2D eigenvalue weighted by molar-refractivity contribution is -0.307. The van der Waals surface area contributed by atoms with E-state index in [1.807, 2.05) is 0 Å². The molecule has 0 saturated carbocycles. The Labute approximate surface area is 111 Å². The topological polar surface area (TPSA) is 20.2 Å². The number of rotatable bonds is 2. The average Bonchev–Trinajstić information content (AvgIpc) is 2.39. The Hall–Kier alpha value is -0.280. The SMILES string of the molecule is Cc1cc(Br)c(C(O)C(C(F)(F)F)C(F)(F)F)s1. The molecule has 18 heavy (non-hydrogen) atoms. The van der Waals surface area contributed by atoms with Crippen LogP contribution in [0.5, 0.6) is 0 Å². The third-order valence-corrected chi connectivity index (χ3v) is 4.17. The van der Waals surface area contributed by atoms with Gasteiger partial charge in [0.05, 0.1) is 0 Å². The van der Waals surface area contributed by atoms with Crippen LogP contribution in [0.1, 0.15) is 15.9 Å². The van der Waals surface area contributed by atoms with Gasteiger partial charge in [-0.05, 0) is 28.9 Å². The zero-order valence-electron chi connectivity index (χ0n) is 8.73. The van der Waals surface area contributed by atoms with Gasteiger partial charge in [-0.15, -0.1) is 11.3 Å². The molecule has 0 aliphatic carbocycles. The molecular formula is C9H7BrF6OS. The molecule has 104 valence electrons. The Morgan fingerprint density at radius 2 is 1.61 bits per heavy atom. The predicted molar refractivity (Wildman–Crippen MR) is 57.3 cm³/mol. The van der Waals surface area contributed by atoms with Crippen molar-refractivity contribution in [2.75, 3.05) is 0 Å². The zero-order chi connectivity index (χ0) is 14.3. The summed E-state index contributed by atoms with van der Waals surface area (Å²) in [6.07, 6.45) is -13.8. The third-order valence-electron chi connectivity index (χ3n) is 2.13. The summed E-state index contributed by atoms with van der Waals surface area (Å²) in [5.41, 5.74) is 0. The second-order valence-corrected chi connectivity index (χ2v) is 5.72. The molecule has 1 aromatic heterocycles. The van der Waals surface area contributed by atoms with E-state index in [9.17, 15) is 31.4 Å². The molecule has 0 aliphatic rings. The molecular weight excluding hydrogens is 350 g/mol. The minimum atomic E-state index is -5.56. The molecule has 1 unspecified atom stereocenters. The molecule has 0 radical (unpaired) electrons. The summed E-state index contributed by atoms with van der Waals surface area (Å²) >= 11 is 3.52. The molecule has 1 aromatic rings. The molecule has 9 heteroatoms. The fraction of sp³-hybridized carbons (Fsp3) is 0.556. The molecule has 1 rings (SSSR count). The molecule has 0 fully saturated rings. The Morgan fingerprint density at radius 1 is 1.17 bits per heavy atom. The fourth-order valence-electron chi connectivity index (χ4n) is 1.40. The molecule has 1 nitrogen and oxygen atoms in total. The van der Waals surface area contributed by atoms with Gasteiger partial charge < -0.3 is 5.11 Å². The second-order valence-electron chi connectivity index (χ2n) is 3.57. The van der Waals surface area contributed by atoms with Gasteiger partial charge in [0, 0.05) is 14.2 Å². The van der Waals surface area contributed by atoms with Gasteiger partial charge in [0.15, 0.2) is 5.92 Å². The lowest BCUT2D eigenvalue weighted by atomic mass is 10.00. The largest absolute Gasteiger partial charge is 0.403 e. The van der Waals surface area contributed by atoms with Crippen molar-refractivity contribution in [3.63, 3.8) is 0 Å². The molecule has 0 bridgehead atoms. The third kappa shape index (κ3) is 3.39. The Morgan fingerprint density at radius 3 is 1.89 bits per heavy atom. The van der Waals surface area contributed by atoms with Gasteiger partial charge in [-0.1, -0.05) is 0 Å².